The third-order valence-electron chi connectivity index (χ3n) is 24.0. The second-order valence-corrected chi connectivity index (χ2v) is 33.6. The van der Waals surface area contributed by atoms with Crippen molar-refractivity contribution in [2.24, 2.45) is 0 Å². The summed E-state index contributed by atoms with van der Waals surface area (Å²) in [6.07, 6.45) is 0. The Hall–Kier alpha value is -14.3. The molecule has 0 fully saturated rings. The Morgan fingerprint density at radius 1 is 0.197 bits per heavy atom. The van der Waals surface area contributed by atoms with E-state index < -0.39 is 0 Å². The summed E-state index contributed by atoms with van der Waals surface area (Å²) in [4.78, 5) is 11.3. The molecule has 0 aliphatic carbocycles. The number of para-hydroxylation sites is 3. The summed E-state index contributed by atoms with van der Waals surface area (Å²) in [5.41, 5.74) is 27.3. The number of thiophene rings is 2. The number of benzene rings is 18. The number of aromatic nitrogens is 6. The third-order valence-corrected chi connectivity index (χ3v) is 26.9. The molecule has 0 amide bonds. The number of nitrogens with zero attached hydrogens (tertiary/aromatic N) is 3. The average Bonchev–Trinajstić information content (AvgIpc) is 1.52. The van der Waals surface area contributed by atoms with E-state index in [-0.39, 0.29) is 0 Å². The van der Waals surface area contributed by atoms with Gasteiger partial charge in [-0.2, -0.15) is 0 Å². The van der Waals surface area contributed by atoms with E-state index in [1.807, 2.05) is 53.0 Å². The molecule has 0 saturated heterocycles. The Morgan fingerprint density at radius 2 is 0.564 bits per heavy atom. The van der Waals surface area contributed by atoms with Crippen LogP contribution in [0.2, 0.25) is 0 Å². The van der Waals surface area contributed by atoms with Crippen molar-refractivity contribution in [3.8, 4) is 61.6 Å². The first-order chi connectivity index (χ1) is 57.9. The van der Waals surface area contributed by atoms with E-state index in [0.717, 1.165) is 43.6 Å². The maximum Gasteiger partial charge on any atom is 0.0641 e. The van der Waals surface area contributed by atoms with Crippen LogP contribution in [0.1, 0.15) is 0 Å². The van der Waals surface area contributed by atoms with Crippen LogP contribution in [0.5, 0.6) is 0 Å². The zero-order valence-corrected chi connectivity index (χ0v) is 66.2. The van der Waals surface area contributed by atoms with Crippen molar-refractivity contribution in [2.75, 3.05) is 0 Å². The lowest BCUT2D eigenvalue weighted by Gasteiger charge is -2.11. The largest absolute Gasteiger partial charge is 0.354 e. The third kappa shape index (κ3) is 10.8. The van der Waals surface area contributed by atoms with Gasteiger partial charge in [0.25, 0.3) is 0 Å². The van der Waals surface area contributed by atoms with Gasteiger partial charge in [0.2, 0.25) is 0 Å². The van der Waals surface area contributed by atoms with Gasteiger partial charge in [-0.05, 0) is 190 Å². The fraction of sp³-hybridized carbons (Fsp3) is 0. The van der Waals surface area contributed by atoms with Gasteiger partial charge < -0.3 is 28.7 Å². The van der Waals surface area contributed by atoms with E-state index in [4.69, 9.17) is 0 Å². The highest BCUT2D eigenvalue weighted by molar-refractivity contribution is 9.10. The molecule has 0 spiro atoms. The van der Waals surface area contributed by atoms with Crippen LogP contribution < -0.4 is 0 Å². The number of hydrogen-bond acceptors (Lipinski definition) is 2. The predicted molar refractivity (Wildman–Crippen MR) is 506 cm³/mol. The topological polar surface area (TPSA) is 62.2 Å². The predicted octanol–water partition coefficient (Wildman–Crippen LogP) is 31.4. The van der Waals surface area contributed by atoms with Crippen LogP contribution in [-0.2, 0) is 0 Å². The molecule has 0 saturated carbocycles. The monoisotopic (exact) mass is 1590 g/mol. The number of halogens is 1. The Balaban J connectivity index is 0.000000129. The molecule has 26 aromatic rings. The van der Waals surface area contributed by atoms with E-state index in [0.29, 0.717) is 0 Å². The molecule has 6 nitrogen and oxygen atoms in total. The maximum absolute atomic E-state index is 3.93. The molecule has 8 aromatic heterocycles. The van der Waals surface area contributed by atoms with Crippen molar-refractivity contribution in [1.82, 2.24) is 28.7 Å². The highest BCUT2D eigenvalue weighted by Gasteiger charge is 2.27. The minimum atomic E-state index is 1.13. The molecule has 3 N–H and O–H groups in total. The van der Waals surface area contributed by atoms with Crippen molar-refractivity contribution < 1.29 is 0 Å². The molecule has 117 heavy (non-hydrogen) atoms. The Morgan fingerprint density at radius 3 is 1.10 bits per heavy atom. The molecule has 9 heteroatoms. The smallest absolute Gasteiger partial charge is 0.0641 e. The van der Waals surface area contributed by atoms with E-state index >= 15 is 0 Å². The molecule has 0 bridgehead atoms. The molecule has 26 rings (SSSR count). The second-order valence-electron chi connectivity index (χ2n) is 30.6. The van der Waals surface area contributed by atoms with Gasteiger partial charge >= 0.3 is 0 Å². The Labute approximate surface area is 687 Å². The summed E-state index contributed by atoms with van der Waals surface area (Å²) in [7, 11) is 0. The SMILES string of the molecule is Brc1ccccc1.c1ccc(-c2ccc3c(c2)[nH]c2ccc4c5ccc6[nH]c7ccc(-c8ccc9sc%10ccccc%10c9c8)cc7c6c5[nH]c4c23)cc1.c1ccc(-c2ccc3c4c(ccc5c6ccc7c(c8cc(-c9ccc%10sc%11ccccc%11c%10c9)ccc8n7-c7ccccc7)c6n(-c6ccccc6)c54)n(-c4ccccc4)c3c2)cc1. The fourth-order valence-electron chi connectivity index (χ4n) is 18.8. The lowest BCUT2D eigenvalue weighted by Crippen LogP contribution is -1.96. The molecule has 548 valence electrons. The minimum absolute atomic E-state index is 1.13. The Bertz CT molecular complexity index is 8500. The summed E-state index contributed by atoms with van der Waals surface area (Å²) in [5, 5.41) is 20.2. The number of hydrogen-bond donors (Lipinski definition) is 3. The van der Waals surface area contributed by atoms with Crippen LogP contribution >= 0.6 is 38.6 Å². The van der Waals surface area contributed by atoms with Crippen LogP contribution in [0.3, 0.4) is 0 Å². The van der Waals surface area contributed by atoms with Crippen LogP contribution in [0, 0.1) is 0 Å². The second kappa shape index (κ2) is 26.9. The van der Waals surface area contributed by atoms with Gasteiger partial charge in [0.15, 0.2) is 0 Å². The number of fused-ring (bicyclic) bond motifs is 28. The fourth-order valence-corrected chi connectivity index (χ4v) is 21.2. The summed E-state index contributed by atoms with van der Waals surface area (Å²) >= 11 is 7.04. The highest BCUT2D eigenvalue weighted by Crippen LogP contribution is 2.50. The van der Waals surface area contributed by atoms with E-state index in [9.17, 15) is 0 Å². The summed E-state index contributed by atoms with van der Waals surface area (Å²) in [6, 6.07) is 142. The summed E-state index contributed by atoms with van der Waals surface area (Å²) in [5.74, 6) is 0. The molecule has 0 unspecified atom stereocenters. The lowest BCUT2D eigenvalue weighted by atomic mass is 10.00. The molecule has 8 heterocycles. The first-order valence-corrected chi connectivity index (χ1v) is 42.1. The molecule has 0 aliphatic rings. The van der Waals surface area contributed by atoms with Crippen molar-refractivity contribution in [3.05, 3.63) is 393 Å². The number of aromatic amines is 3. The van der Waals surface area contributed by atoms with Gasteiger partial charge in [0, 0.05) is 149 Å². The molecular formula is C108H67BrN6S2. The van der Waals surface area contributed by atoms with Crippen LogP contribution in [-0.4, -0.2) is 28.7 Å². The first-order valence-electron chi connectivity index (χ1n) is 39.7. The van der Waals surface area contributed by atoms with Crippen LogP contribution in [0.4, 0.5) is 0 Å². The van der Waals surface area contributed by atoms with E-state index in [1.54, 1.807) is 0 Å². The van der Waals surface area contributed by atoms with Crippen molar-refractivity contribution >= 4 is 210 Å². The van der Waals surface area contributed by atoms with Crippen LogP contribution in [0.25, 0.3) is 233 Å². The van der Waals surface area contributed by atoms with Crippen molar-refractivity contribution in [1.29, 1.82) is 0 Å². The summed E-state index contributed by atoms with van der Waals surface area (Å²) in [6.45, 7) is 0. The van der Waals surface area contributed by atoms with Gasteiger partial charge in [-0.25, -0.2) is 0 Å². The quantitative estimate of drug-likeness (QED) is 0.142. The first kappa shape index (κ1) is 67.2. The molecule has 0 atom stereocenters. The van der Waals surface area contributed by atoms with Crippen molar-refractivity contribution in [2.45, 2.75) is 0 Å². The number of rotatable bonds is 7. The highest BCUT2D eigenvalue weighted by atomic mass is 79.9. The minimum Gasteiger partial charge on any atom is -0.354 e. The van der Waals surface area contributed by atoms with Gasteiger partial charge in [-0.15, -0.1) is 22.7 Å². The Kier molecular flexibility index (Phi) is 15.5. The van der Waals surface area contributed by atoms with Gasteiger partial charge in [0.1, 0.15) is 0 Å². The van der Waals surface area contributed by atoms with Crippen LogP contribution in [0.15, 0.2) is 393 Å². The average molecular weight is 1590 g/mol. The normalized spacial score (nSPS) is 12.0. The van der Waals surface area contributed by atoms with Gasteiger partial charge in [0.05, 0.1) is 44.1 Å². The molecule has 18 aromatic carbocycles. The standard InChI is InChI=1S/C60H37N3S.C42H25N3S.C6H5Br/c1-5-15-38(16-6-1)41-25-28-48-54(37-41)62(43-19-9-3-10-20-43)52-32-29-46-47-30-33-53-58(60(47)63(59(46)57(48)52)44-21-11-4-12-22-44)50-36-39(26-31-51(50)61(53)42-17-7-2-8-18-42)40-27-34-56-49(35-40)45-23-13-14-24-55(45)64-56;1-2-6-23(7-3-1)26-10-13-30-36(22-26)44-34-17-14-28-29-15-18-35-40(42(29)45-41(28)39(30)34)32-21-24(11-16-33(32)43-35)25-12-19-38-31(20-25)27-8-4-5-9-37(27)46-38;7-6-4-2-1-3-5-6/h1-37H;1-22,43-45H;1-5H. The zero-order valence-electron chi connectivity index (χ0n) is 63.0. The maximum atomic E-state index is 3.93. The summed E-state index contributed by atoms with van der Waals surface area (Å²) < 4.78 is 13.9. The van der Waals surface area contributed by atoms with Gasteiger partial charge in [-0.1, -0.05) is 259 Å². The molecule has 0 aliphatic heterocycles. The van der Waals surface area contributed by atoms with E-state index in [2.05, 4.69) is 402 Å². The molecular weight excluding hydrogens is 1530 g/mol. The van der Waals surface area contributed by atoms with E-state index in [1.165, 1.54) is 194 Å². The van der Waals surface area contributed by atoms with Crippen molar-refractivity contribution in [3.63, 3.8) is 0 Å². The number of H-pyrrole nitrogens is 3. The zero-order chi connectivity index (χ0) is 76.9. The van der Waals surface area contributed by atoms with Gasteiger partial charge in [-0.3, -0.25) is 0 Å². The number of nitrogens with one attached hydrogen (secondary N) is 3. The molecule has 0 radical (unpaired) electrons. The lowest BCUT2D eigenvalue weighted by molar-refractivity contribution is 1.17.